The fraction of sp³-hybridized carbons (Fsp3) is 0.125. The highest BCUT2D eigenvalue weighted by atomic mass is 15.1. The predicted octanol–water partition coefficient (Wildman–Crippen LogP) is 3.83. The number of rotatable bonds is 3. The first-order valence-electron chi connectivity index (χ1n) is 6.53. The predicted molar refractivity (Wildman–Crippen MR) is 81.0 cm³/mol. The summed E-state index contributed by atoms with van der Waals surface area (Å²) < 4.78 is 0. The number of hydrogen-bond donors (Lipinski definition) is 2. The minimum absolute atomic E-state index is 0.612. The molecule has 100 valence electrons. The van der Waals surface area contributed by atoms with Crippen LogP contribution in [0, 0.1) is 13.8 Å². The van der Waals surface area contributed by atoms with Gasteiger partial charge in [-0.15, -0.1) is 0 Å². The summed E-state index contributed by atoms with van der Waals surface area (Å²) in [5.74, 6) is 0.612. The Hall–Kier alpha value is -2.62. The van der Waals surface area contributed by atoms with Gasteiger partial charge in [-0.3, -0.25) is 0 Å². The molecule has 0 unspecified atom stereocenters. The van der Waals surface area contributed by atoms with Crippen molar-refractivity contribution in [2.24, 2.45) is 0 Å². The average Bonchev–Trinajstić information content (AvgIpc) is 2.97. The maximum absolute atomic E-state index is 4.61. The lowest BCUT2D eigenvalue weighted by molar-refractivity contribution is 1.13. The highest BCUT2D eigenvalue weighted by Crippen LogP contribution is 2.23. The fourth-order valence-electron chi connectivity index (χ4n) is 2.10. The van der Waals surface area contributed by atoms with E-state index in [0.29, 0.717) is 5.95 Å². The average molecular weight is 264 g/mol. The molecule has 0 bridgehead atoms. The lowest BCUT2D eigenvalue weighted by atomic mass is 10.1. The molecule has 1 aromatic carbocycles. The van der Waals surface area contributed by atoms with Crippen LogP contribution < -0.4 is 5.32 Å². The van der Waals surface area contributed by atoms with E-state index in [9.17, 15) is 0 Å². The number of benzene rings is 1. The van der Waals surface area contributed by atoms with Crippen LogP contribution in [0.1, 0.15) is 11.1 Å². The Balaban J connectivity index is 1.96. The fourth-order valence-corrected chi connectivity index (χ4v) is 2.10. The third-order valence-corrected chi connectivity index (χ3v) is 3.23. The summed E-state index contributed by atoms with van der Waals surface area (Å²) in [4.78, 5) is 12.0. The van der Waals surface area contributed by atoms with E-state index in [1.54, 1.807) is 0 Å². The summed E-state index contributed by atoms with van der Waals surface area (Å²) in [6.45, 7) is 4.07. The Kier molecular flexibility index (Phi) is 3.21. The van der Waals surface area contributed by atoms with Gasteiger partial charge in [-0.2, -0.15) is 0 Å². The van der Waals surface area contributed by atoms with E-state index in [2.05, 4.69) is 33.3 Å². The molecule has 0 saturated heterocycles. The van der Waals surface area contributed by atoms with E-state index in [4.69, 9.17) is 0 Å². The van der Waals surface area contributed by atoms with Gasteiger partial charge in [0.05, 0.1) is 5.69 Å². The normalized spacial score (nSPS) is 10.5. The topological polar surface area (TPSA) is 53.6 Å². The molecule has 0 saturated carbocycles. The largest absolute Gasteiger partial charge is 0.367 e. The Morgan fingerprint density at radius 3 is 2.65 bits per heavy atom. The van der Waals surface area contributed by atoms with Crippen molar-refractivity contribution in [1.82, 2.24) is 15.0 Å². The van der Waals surface area contributed by atoms with Gasteiger partial charge in [-0.05, 0) is 37.1 Å². The highest BCUT2D eigenvalue weighted by Gasteiger charge is 2.07. The van der Waals surface area contributed by atoms with E-state index in [1.165, 1.54) is 5.56 Å². The number of nitrogens with zero attached hydrogens (tertiary/aromatic N) is 2. The highest BCUT2D eigenvalue weighted by molar-refractivity contribution is 5.65. The summed E-state index contributed by atoms with van der Waals surface area (Å²) in [5.41, 5.74) is 5.26. The van der Waals surface area contributed by atoms with Crippen molar-refractivity contribution in [3.63, 3.8) is 0 Å². The Bertz CT molecular complexity index is 717. The van der Waals surface area contributed by atoms with Gasteiger partial charge in [0.2, 0.25) is 5.95 Å². The van der Waals surface area contributed by atoms with Crippen molar-refractivity contribution in [2.45, 2.75) is 13.8 Å². The second-order valence-electron chi connectivity index (χ2n) is 4.76. The molecule has 0 fully saturated rings. The Labute approximate surface area is 117 Å². The summed E-state index contributed by atoms with van der Waals surface area (Å²) >= 11 is 0. The van der Waals surface area contributed by atoms with Crippen molar-refractivity contribution in [3.8, 4) is 11.3 Å². The van der Waals surface area contributed by atoms with Gasteiger partial charge in [0.1, 0.15) is 0 Å². The molecule has 0 amide bonds. The minimum atomic E-state index is 0.612. The molecule has 0 aliphatic carbocycles. The number of H-pyrrole nitrogens is 1. The molecule has 4 heteroatoms. The third-order valence-electron chi connectivity index (χ3n) is 3.23. The van der Waals surface area contributed by atoms with Gasteiger partial charge in [0.15, 0.2) is 0 Å². The smallest absolute Gasteiger partial charge is 0.227 e. The lowest BCUT2D eigenvalue weighted by Gasteiger charge is -2.10. The van der Waals surface area contributed by atoms with Crippen LogP contribution in [0.5, 0.6) is 0 Å². The van der Waals surface area contributed by atoms with E-state index < -0.39 is 0 Å². The van der Waals surface area contributed by atoms with Crippen LogP contribution in [0.3, 0.4) is 0 Å². The molecule has 2 N–H and O–H groups in total. The SMILES string of the molecule is Cc1ccccc1Nc1ncc(C)c(-c2cc[nH]c2)n1. The van der Waals surface area contributed by atoms with Crippen LogP contribution in [0.15, 0.2) is 48.9 Å². The summed E-state index contributed by atoms with van der Waals surface area (Å²) in [7, 11) is 0. The Morgan fingerprint density at radius 2 is 1.90 bits per heavy atom. The number of aromatic nitrogens is 3. The second-order valence-corrected chi connectivity index (χ2v) is 4.76. The van der Waals surface area contributed by atoms with Gasteiger partial charge in [-0.1, -0.05) is 18.2 Å². The third kappa shape index (κ3) is 2.40. The van der Waals surface area contributed by atoms with Gasteiger partial charge in [-0.25, -0.2) is 9.97 Å². The first-order chi connectivity index (χ1) is 9.74. The summed E-state index contributed by atoms with van der Waals surface area (Å²) in [6.07, 6.45) is 5.67. The zero-order chi connectivity index (χ0) is 13.9. The molecule has 3 rings (SSSR count). The quantitative estimate of drug-likeness (QED) is 0.756. The molecule has 0 atom stereocenters. The molecule has 4 nitrogen and oxygen atoms in total. The maximum Gasteiger partial charge on any atom is 0.227 e. The second kappa shape index (κ2) is 5.17. The molecule has 0 radical (unpaired) electrons. The van der Waals surface area contributed by atoms with Crippen LogP contribution in [0.25, 0.3) is 11.3 Å². The molecule has 2 heterocycles. The minimum Gasteiger partial charge on any atom is -0.367 e. The van der Waals surface area contributed by atoms with E-state index in [0.717, 1.165) is 22.5 Å². The summed E-state index contributed by atoms with van der Waals surface area (Å²) in [5, 5.41) is 3.27. The molecule has 0 aliphatic heterocycles. The molecule has 2 aromatic heterocycles. The molecule has 0 aliphatic rings. The monoisotopic (exact) mass is 264 g/mol. The number of anilines is 2. The van der Waals surface area contributed by atoms with Crippen molar-refractivity contribution in [3.05, 3.63) is 60.0 Å². The number of para-hydroxylation sites is 1. The van der Waals surface area contributed by atoms with Crippen LogP contribution >= 0.6 is 0 Å². The maximum atomic E-state index is 4.61. The molecule has 20 heavy (non-hydrogen) atoms. The van der Waals surface area contributed by atoms with E-state index in [-0.39, 0.29) is 0 Å². The zero-order valence-corrected chi connectivity index (χ0v) is 11.5. The van der Waals surface area contributed by atoms with Crippen LogP contribution in [-0.2, 0) is 0 Å². The number of aryl methyl sites for hydroxylation is 2. The standard InChI is InChI=1S/C16H16N4/c1-11-5-3-4-6-14(11)19-16-18-9-12(2)15(20-16)13-7-8-17-10-13/h3-10,17H,1-2H3,(H,18,19,20). The van der Waals surface area contributed by atoms with Gasteiger partial charge >= 0.3 is 0 Å². The Morgan fingerprint density at radius 1 is 1.05 bits per heavy atom. The first kappa shape index (κ1) is 12.4. The van der Waals surface area contributed by atoms with Gasteiger partial charge in [0, 0.05) is 29.8 Å². The van der Waals surface area contributed by atoms with Crippen molar-refractivity contribution in [1.29, 1.82) is 0 Å². The van der Waals surface area contributed by atoms with Crippen LogP contribution in [-0.4, -0.2) is 15.0 Å². The van der Waals surface area contributed by atoms with Crippen LogP contribution in [0.4, 0.5) is 11.6 Å². The number of nitrogens with one attached hydrogen (secondary N) is 2. The van der Waals surface area contributed by atoms with Crippen molar-refractivity contribution < 1.29 is 0 Å². The molecule has 0 spiro atoms. The van der Waals surface area contributed by atoms with E-state index in [1.807, 2.05) is 49.8 Å². The number of aromatic amines is 1. The molecule has 3 aromatic rings. The molecular formula is C16H16N4. The van der Waals surface area contributed by atoms with Crippen molar-refractivity contribution >= 4 is 11.6 Å². The van der Waals surface area contributed by atoms with Crippen LogP contribution in [0.2, 0.25) is 0 Å². The van der Waals surface area contributed by atoms with Crippen molar-refractivity contribution in [2.75, 3.05) is 5.32 Å². The van der Waals surface area contributed by atoms with Gasteiger partial charge < -0.3 is 10.3 Å². The summed E-state index contributed by atoms with van der Waals surface area (Å²) in [6, 6.07) is 10.1. The number of hydrogen-bond acceptors (Lipinski definition) is 3. The lowest BCUT2D eigenvalue weighted by Crippen LogP contribution is -2.00. The van der Waals surface area contributed by atoms with E-state index >= 15 is 0 Å². The molecular weight excluding hydrogens is 248 g/mol. The van der Waals surface area contributed by atoms with Gasteiger partial charge in [0.25, 0.3) is 0 Å². The zero-order valence-electron chi connectivity index (χ0n) is 11.5. The first-order valence-corrected chi connectivity index (χ1v) is 6.53.